The Morgan fingerprint density at radius 2 is 2.32 bits per heavy atom. The van der Waals surface area contributed by atoms with Crippen LogP contribution >= 0.6 is 11.3 Å². The van der Waals surface area contributed by atoms with Crippen LogP contribution in [-0.4, -0.2) is 19.5 Å². The average Bonchev–Trinajstić information content (AvgIpc) is 2.97. The van der Waals surface area contributed by atoms with Crippen LogP contribution < -0.4 is 5.69 Å². The third-order valence-electron chi connectivity index (χ3n) is 2.84. The molecule has 6 heteroatoms. The van der Waals surface area contributed by atoms with Gasteiger partial charge in [-0.2, -0.15) is 11.3 Å². The second kappa shape index (κ2) is 4.62. The fourth-order valence-electron chi connectivity index (χ4n) is 2.01. The standard InChI is InChI=1S/C13H14N4OS/c1-8(2)6-17-12-11(16-13(17)18)15-10(5-14-12)9-3-4-19-7-9/h3-5,7-8H,6H2,1-2H3,(H,15,16,18). The van der Waals surface area contributed by atoms with Gasteiger partial charge >= 0.3 is 5.69 Å². The Morgan fingerprint density at radius 1 is 1.47 bits per heavy atom. The van der Waals surface area contributed by atoms with Crippen LogP contribution in [0.3, 0.4) is 0 Å². The van der Waals surface area contributed by atoms with Crippen LogP contribution in [0.1, 0.15) is 13.8 Å². The minimum atomic E-state index is -0.147. The molecule has 3 aromatic heterocycles. The molecule has 0 spiro atoms. The molecule has 0 aliphatic heterocycles. The van der Waals surface area contributed by atoms with Crippen molar-refractivity contribution < 1.29 is 0 Å². The Kier molecular flexibility index (Phi) is 2.94. The Balaban J connectivity index is 2.13. The van der Waals surface area contributed by atoms with E-state index in [1.165, 1.54) is 0 Å². The summed E-state index contributed by atoms with van der Waals surface area (Å²) in [5.74, 6) is 0.384. The summed E-state index contributed by atoms with van der Waals surface area (Å²) in [6, 6.07) is 1.99. The molecule has 0 saturated heterocycles. The first kappa shape index (κ1) is 12.1. The number of aromatic amines is 1. The Bertz CT molecular complexity index is 755. The fraction of sp³-hybridized carbons (Fsp3) is 0.308. The van der Waals surface area contributed by atoms with Gasteiger partial charge in [-0.3, -0.25) is 9.55 Å². The average molecular weight is 274 g/mol. The molecular formula is C13H14N4OS. The van der Waals surface area contributed by atoms with Crippen molar-refractivity contribution in [3.05, 3.63) is 33.5 Å². The Labute approximate surface area is 114 Å². The number of imidazole rings is 1. The van der Waals surface area contributed by atoms with E-state index in [0.717, 1.165) is 11.3 Å². The summed E-state index contributed by atoms with van der Waals surface area (Å²) < 4.78 is 1.64. The third kappa shape index (κ3) is 2.19. The number of hydrogen-bond acceptors (Lipinski definition) is 4. The molecule has 98 valence electrons. The van der Waals surface area contributed by atoms with E-state index in [9.17, 15) is 4.79 Å². The molecule has 0 radical (unpaired) electrons. The van der Waals surface area contributed by atoms with E-state index in [4.69, 9.17) is 0 Å². The van der Waals surface area contributed by atoms with Crippen molar-refractivity contribution in [2.45, 2.75) is 20.4 Å². The Morgan fingerprint density at radius 3 is 3.00 bits per heavy atom. The first-order chi connectivity index (χ1) is 9.15. The summed E-state index contributed by atoms with van der Waals surface area (Å²) >= 11 is 1.61. The lowest BCUT2D eigenvalue weighted by Gasteiger charge is -2.05. The highest BCUT2D eigenvalue weighted by Crippen LogP contribution is 2.20. The summed E-state index contributed by atoms with van der Waals surface area (Å²) in [6.45, 7) is 4.78. The van der Waals surface area contributed by atoms with Crippen molar-refractivity contribution >= 4 is 22.6 Å². The normalized spacial score (nSPS) is 11.5. The molecule has 0 aliphatic rings. The molecule has 0 bridgehead atoms. The van der Waals surface area contributed by atoms with Gasteiger partial charge in [-0.25, -0.2) is 14.8 Å². The van der Waals surface area contributed by atoms with Gasteiger partial charge in [0.15, 0.2) is 11.3 Å². The van der Waals surface area contributed by atoms with Crippen molar-refractivity contribution in [1.29, 1.82) is 0 Å². The van der Waals surface area contributed by atoms with Crippen molar-refractivity contribution in [2.24, 2.45) is 5.92 Å². The van der Waals surface area contributed by atoms with Gasteiger partial charge in [0.1, 0.15) is 0 Å². The van der Waals surface area contributed by atoms with Crippen LogP contribution in [0.25, 0.3) is 22.6 Å². The van der Waals surface area contributed by atoms with Crippen LogP contribution in [0.15, 0.2) is 27.8 Å². The molecule has 0 aliphatic carbocycles. The number of aromatic nitrogens is 4. The minimum absolute atomic E-state index is 0.147. The van der Waals surface area contributed by atoms with Gasteiger partial charge in [-0.1, -0.05) is 13.8 Å². The maximum atomic E-state index is 11.9. The molecule has 1 N–H and O–H groups in total. The maximum absolute atomic E-state index is 11.9. The van der Waals surface area contributed by atoms with Crippen LogP contribution in [-0.2, 0) is 6.54 Å². The molecule has 0 unspecified atom stereocenters. The molecular weight excluding hydrogens is 260 g/mol. The molecule has 3 rings (SSSR count). The van der Waals surface area contributed by atoms with Gasteiger partial charge in [0, 0.05) is 17.5 Å². The monoisotopic (exact) mass is 274 g/mol. The zero-order valence-corrected chi connectivity index (χ0v) is 11.6. The number of fused-ring (bicyclic) bond motifs is 1. The highest BCUT2D eigenvalue weighted by molar-refractivity contribution is 7.08. The maximum Gasteiger partial charge on any atom is 0.328 e. The van der Waals surface area contributed by atoms with Crippen molar-refractivity contribution in [2.75, 3.05) is 0 Å². The first-order valence-corrected chi connectivity index (χ1v) is 7.07. The van der Waals surface area contributed by atoms with E-state index in [0.29, 0.717) is 23.8 Å². The molecule has 19 heavy (non-hydrogen) atoms. The molecule has 0 atom stereocenters. The molecule has 0 aromatic carbocycles. The number of thiophene rings is 1. The van der Waals surface area contributed by atoms with Crippen LogP contribution in [0.4, 0.5) is 0 Å². The molecule has 0 amide bonds. The SMILES string of the molecule is CC(C)Cn1c(=O)[nH]c2nc(-c3ccsc3)cnc21. The summed E-state index contributed by atoms with van der Waals surface area (Å²) in [5, 5.41) is 4.01. The summed E-state index contributed by atoms with van der Waals surface area (Å²) in [4.78, 5) is 23.5. The van der Waals surface area contributed by atoms with Gasteiger partial charge in [-0.05, 0) is 17.4 Å². The van der Waals surface area contributed by atoms with Gasteiger partial charge in [0.05, 0.1) is 11.9 Å². The molecule has 3 heterocycles. The van der Waals surface area contributed by atoms with Crippen LogP contribution in [0.5, 0.6) is 0 Å². The number of rotatable bonds is 3. The smallest absolute Gasteiger partial charge is 0.289 e. The van der Waals surface area contributed by atoms with Gasteiger partial charge in [0.25, 0.3) is 0 Å². The van der Waals surface area contributed by atoms with E-state index in [1.54, 1.807) is 22.1 Å². The van der Waals surface area contributed by atoms with Gasteiger partial charge in [0.2, 0.25) is 0 Å². The van der Waals surface area contributed by atoms with E-state index in [2.05, 4.69) is 28.8 Å². The van der Waals surface area contributed by atoms with Crippen molar-refractivity contribution in [3.63, 3.8) is 0 Å². The van der Waals surface area contributed by atoms with Crippen molar-refractivity contribution in [1.82, 2.24) is 19.5 Å². The quantitative estimate of drug-likeness (QED) is 0.798. The lowest BCUT2D eigenvalue weighted by molar-refractivity contribution is 0.520. The minimum Gasteiger partial charge on any atom is -0.289 e. The Hall–Kier alpha value is -1.95. The largest absolute Gasteiger partial charge is 0.328 e. The topological polar surface area (TPSA) is 63.6 Å². The van der Waals surface area contributed by atoms with E-state index < -0.39 is 0 Å². The number of H-pyrrole nitrogens is 1. The highest BCUT2D eigenvalue weighted by atomic mass is 32.1. The molecule has 3 aromatic rings. The third-order valence-corrected chi connectivity index (χ3v) is 3.53. The summed E-state index contributed by atoms with van der Waals surface area (Å²) in [7, 11) is 0. The predicted molar refractivity (Wildman–Crippen MR) is 76.3 cm³/mol. The van der Waals surface area contributed by atoms with Gasteiger partial charge in [-0.15, -0.1) is 0 Å². The fourth-order valence-corrected chi connectivity index (χ4v) is 2.66. The lowest BCUT2D eigenvalue weighted by atomic mass is 10.2. The predicted octanol–water partition coefficient (Wildman–Crippen LogP) is 2.50. The zero-order chi connectivity index (χ0) is 13.4. The summed E-state index contributed by atoms with van der Waals surface area (Å²) in [6.07, 6.45) is 1.72. The number of hydrogen-bond donors (Lipinski definition) is 1. The summed E-state index contributed by atoms with van der Waals surface area (Å²) in [5.41, 5.74) is 2.83. The van der Waals surface area contributed by atoms with Crippen LogP contribution in [0.2, 0.25) is 0 Å². The number of nitrogens with one attached hydrogen (secondary N) is 1. The van der Waals surface area contributed by atoms with Crippen LogP contribution in [0, 0.1) is 5.92 Å². The van der Waals surface area contributed by atoms with Crippen molar-refractivity contribution in [3.8, 4) is 11.3 Å². The zero-order valence-electron chi connectivity index (χ0n) is 10.8. The van der Waals surface area contributed by atoms with E-state index in [-0.39, 0.29) is 5.69 Å². The second-order valence-corrected chi connectivity index (χ2v) is 5.65. The number of nitrogens with zero attached hydrogens (tertiary/aromatic N) is 3. The molecule has 0 saturated carbocycles. The molecule has 5 nitrogen and oxygen atoms in total. The molecule has 0 fully saturated rings. The lowest BCUT2D eigenvalue weighted by Crippen LogP contribution is -2.19. The second-order valence-electron chi connectivity index (χ2n) is 4.87. The highest BCUT2D eigenvalue weighted by Gasteiger charge is 2.12. The van der Waals surface area contributed by atoms with Gasteiger partial charge < -0.3 is 0 Å². The van der Waals surface area contributed by atoms with E-state index in [1.807, 2.05) is 16.8 Å². The first-order valence-electron chi connectivity index (χ1n) is 6.13. The van der Waals surface area contributed by atoms with E-state index >= 15 is 0 Å².